The van der Waals surface area contributed by atoms with E-state index in [0.29, 0.717) is 17.3 Å². The van der Waals surface area contributed by atoms with Crippen LogP contribution in [0.1, 0.15) is 25.3 Å². The van der Waals surface area contributed by atoms with E-state index in [0.717, 1.165) is 5.56 Å². The summed E-state index contributed by atoms with van der Waals surface area (Å²) in [4.78, 5) is 12.0. The molecule has 0 unspecified atom stereocenters. The van der Waals surface area contributed by atoms with Gasteiger partial charge in [0.25, 0.3) is 0 Å². The lowest BCUT2D eigenvalue weighted by Crippen LogP contribution is -2.22. The van der Waals surface area contributed by atoms with Crippen molar-refractivity contribution in [3.05, 3.63) is 54.1 Å². The van der Waals surface area contributed by atoms with Crippen molar-refractivity contribution in [3.63, 3.8) is 0 Å². The van der Waals surface area contributed by atoms with E-state index >= 15 is 0 Å². The number of hydrogen-bond acceptors (Lipinski definition) is 3. The van der Waals surface area contributed by atoms with E-state index < -0.39 is 6.61 Å². The van der Waals surface area contributed by atoms with Crippen LogP contribution < -0.4 is 15.4 Å². The zero-order chi connectivity index (χ0) is 17.5. The van der Waals surface area contributed by atoms with Crippen LogP contribution in [0, 0.1) is 0 Å². The molecule has 0 aliphatic carbocycles. The lowest BCUT2D eigenvalue weighted by atomic mass is 10.0. The highest BCUT2D eigenvalue weighted by atomic mass is 19.3. The number of ether oxygens (including phenoxy) is 1. The molecule has 0 aromatic heterocycles. The predicted molar refractivity (Wildman–Crippen MR) is 90.7 cm³/mol. The normalized spacial score (nSPS) is 10.8. The minimum absolute atomic E-state index is 0.00195. The fourth-order valence-electron chi connectivity index (χ4n) is 2.17. The van der Waals surface area contributed by atoms with Crippen LogP contribution in [-0.2, 0) is 4.79 Å². The van der Waals surface area contributed by atoms with Crippen LogP contribution in [0.2, 0.25) is 0 Å². The van der Waals surface area contributed by atoms with Crippen molar-refractivity contribution < 1.29 is 18.3 Å². The molecule has 0 fully saturated rings. The largest absolute Gasteiger partial charge is 0.433 e. The number of alkyl halides is 2. The lowest BCUT2D eigenvalue weighted by Gasteiger charge is -2.13. The minimum atomic E-state index is -2.92. The second-order valence-electron chi connectivity index (χ2n) is 5.56. The summed E-state index contributed by atoms with van der Waals surface area (Å²) in [6.45, 7) is 1.17. The van der Waals surface area contributed by atoms with E-state index in [2.05, 4.69) is 29.2 Å². The van der Waals surface area contributed by atoms with Crippen molar-refractivity contribution >= 4 is 17.3 Å². The van der Waals surface area contributed by atoms with Gasteiger partial charge in [0.2, 0.25) is 5.91 Å². The van der Waals surface area contributed by atoms with Gasteiger partial charge < -0.3 is 15.4 Å². The van der Waals surface area contributed by atoms with Crippen molar-refractivity contribution in [2.45, 2.75) is 26.4 Å². The first-order chi connectivity index (χ1) is 11.5. The summed E-state index contributed by atoms with van der Waals surface area (Å²) in [7, 11) is 0. The van der Waals surface area contributed by atoms with Gasteiger partial charge in [0.15, 0.2) is 0 Å². The highest BCUT2D eigenvalue weighted by Gasteiger charge is 2.10. The standard InChI is InChI=1S/C18H20F2N2O2/c1-12(2)13-6-5-7-14(10-13)22-17(23)11-21-15-8-3-4-9-16(15)24-18(19)20/h3-10,12,18,21H,11H2,1-2H3,(H,22,23). The Kier molecular flexibility index (Phi) is 6.12. The maximum Gasteiger partial charge on any atom is 0.387 e. The van der Waals surface area contributed by atoms with E-state index in [1.54, 1.807) is 24.3 Å². The first-order valence-electron chi connectivity index (χ1n) is 7.63. The first-order valence-corrected chi connectivity index (χ1v) is 7.63. The molecule has 2 N–H and O–H groups in total. The first kappa shape index (κ1) is 17.7. The van der Waals surface area contributed by atoms with Crippen molar-refractivity contribution in [1.82, 2.24) is 0 Å². The molecule has 2 rings (SSSR count). The maximum atomic E-state index is 12.4. The predicted octanol–water partition coefficient (Wildman–Crippen LogP) is 4.46. The summed E-state index contributed by atoms with van der Waals surface area (Å²) < 4.78 is 29.1. The van der Waals surface area contributed by atoms with Crippen molar-refractivity contribution in [2.24, 2.45) is 0 Å². The Balaban J connectivity index is 1.95. The van der Waals surface area contributed by atoms with E-state index in [9.17, 15) is 13.6 Å². The van der Waals surface area contributed by atoms with Crippen LogP contribution >= 0.6 is 0 Å². The molecule has 0 spiro atoms. The van der Waals surface area contributed by atoms with Gasteiger partial charge in [0, 0.05) is 5.69 Å². The van der Waals surface area contributed by atoms with E-state index in [1.807, 2.05) is 18.2 Å². The molecule has 6 heteroatoms. The molecule has 0 saturated heterocycles. The third-order valence-corrected chi connectivity index (χ3v) is 3.38. The third kappa shape index (κ3) is 5.22. The molecule has 0 bridgehead atoms. The van der Waals surface area contributed by atoms with Crippen molar-refractivity contribution in [3.8, 4) is 5.75 Å². The number of rotatable bonds is 7. The molecule has 0 aliphatic heterocycles. The number of hydrogen-bond donors (Lipinski definition) is 2. The Morgan fingerprint density at radius 3 is 2.58 bits per heavy atom. The van der Waals surface area contributed by atoms with Crippen LogP contribution in [0.15, 0.2) is 48.5 Å². The molecule has 0 saturated carbocycles. The number of halogens is 2. The Hall–Kier alpha value is -2.63. The molecule has 24 heavy (non-hydrogen) atoms. The van der Waals surface area contributed by atoms with Gasteiger partial charge in [0.1, 0.15) is 5.75 Å². The van der Waals surface area contributed by atoms with E-state index in [4.69, 9.17) is 0 Å². The van der Waals surface area contributed by atoms with Gasteiger partial charge in [-0.15, -0.1) is 0 Å². The second kappa shape index (κ2) is 8.29. The zero-order valence-electron chi connectivity index (χ0n) is 13.6. The fraction of sp³-hybridized carbons (Fsp3) is 0.278. The summed E-state index contributed by atoms with van der Waals surface area (Å²) in [5.41, 5.74) is 2.16. The average Bonchev–Trinajstić information content (AvgIpc) is 2.53. The van der Waals surface area contributed by atoms with Crippen molar-refractivity contribution in [1.29, 1.82) is 0 Å². The molecule has 1 amide bonds. The van der Waals surface area contributed by atoms with Crippen molar-refractivity contribution in [2.75, 3.05) is 17.2 Å². The van der Waals surface area contributed by atoms with Gasteiger partial charge in [0.05, 0.1) is 12.2 Å². The molecule has 2 aromatic carbocycles. The number of benzene rings is 2. The van der Waals surface area contributed by atoms with Gasteiger partial charge in [-0.3, -0.25) is 4.79 Å². The molecule has 128 valence electrons. The number of nitrogens with one attached hydrogen (secondary N) is 2. The molecule has 0 heterocycles. The topological polar surface area (TPSA) is 50.4 Å². The molecular weight excluding hydrogens is 314 g/mol. The van der Waals surface area contributed by atoms with E-state index in [1.165, 1.54) is 6.07 Å². The fourth-order valence-corrected chi connectivity index (χ4v) is 2.17. The molecule has 0 atom stereocenters. The van der Waals surface area contributed by atoms with Crippen LogP contribution in [0.3, 0.4) is 0 Å². The number of anilines is 2. The molecule has 2 aromatic rings. The highest BCUT2D eigenvalue weighted by Crippen LogP contribution is 2.25. The Morgan fingerprint density at radius 1 is 1.12 bits per heavy atom. The van der Waals surface area contributed by atoms with E-state index in [-0.39, 0.29) is 18.2 Å². The Bertz CT molecular complexity index is 690. The van der Waals surface area contributed by atoms with Gasteiger partial charge in [-0.05, 0) is 35.7 Å². The summed E-state index contributed by atoms with van der Waals surface area (Å²) in [6.07, 6.45) is 0. The summed E-state index contributed by atoms with van der Waals surface area (Å²) in [6, 6.07) is 13.8. The molecular formula is C18H20F2N2O2. The second-order valence-corrected chi connectivity index (χ2v) is 5.56. The SMILES string of the molecule is CC(C)c1cccc(NC(=O)CNc2ccccc2OC(F)F)c1. The quantitative estimate of drug-likeness (QED) is 0.786. The minimum Gasteiger partial charge on any atom is -0.433 e. The monoisotopic (exact) mass is 334 g/mol. The Labute approximate surface area is 139 Å². The summed E-state index contributed by atoms with van der Waals surface area (Å²) >= 11 is 0. The maximum absolute atomic E-state index is 12.4. The number of amides is 1. The number of carbonyl (C=O) groups is 1. The molecule has 4 nitrogen and oxygen atoms in total. The third-order valence-electron chi connectivity index (χ3n) is 3.38. The van der Waals surface area contributed by atoms with Gasteiger partial charge in [-0.25, -0.2) is 0 Å². The zero-order valence-corrected chi connectivity index (χ0v) is 13.6. The van der Waals surface area contributed by atoms with Gasteiger partial charge in [-0.2, -0.15) is 8.78 Å². The molecule has 0 radical (unpaired) electrons. The Morgan fingerprint density at radius 2 is 1.88 bits per heavy atom. The van der Waals surface area contributed by atoms with Gasteiger partial charge in [-0.1, -0.05) is 38.1 Å². The summed E-state index contributed by atoms with van der Waals surface area (Å²) in [5, 5.41) is 5.58. The van der Waals surface area contributed by atoms with Gasteiger partial charge >= 0.3 is 6.61 Å². The van der Waals surface area contributed by atoms with Crippen LogP contribution in [-0.4, -0.2) is 19.1 Å². The smallest absolute Gasteiger partial charge is 0.387 e. The number of para-hydroxylation sites is 2. The lowest BCUT2D eigenvalue weighted by molar-refractivity contribution is -0.114. The summed E-state index contributed by atoms with van der Waals surface area (Å²) in [5.74, 6) is 0.0863. The highest BCUT2D eigenvalue weighted by molar-refractivity contribution is 5.94. The van der Waals surface area contributed by atoms with Crippen LogP contribution in [0.25, 0.3) is 0 Å². The van der Waals surface area contributed by atoms with Crippen LogP contribution in [0.5, 0.6) is 5.75 Å². The molecule has 0 aliphatic rings. The average molecular weight is 334 g/mol. The number of carbonyl (C=O) groups excluding carboxylic acids is 1. The van der Waals surface area contributed by atoms with Crippen LogP contribution in [0.4, 0.5) is 20.2 Å².